The van der Waals surface area contributed by atoms with Crippen LogP contribution in [0.4, 0.5) is 0 Å². The van der Waals surface area contributed by atoms with Crippen LogP contribution in [0.3, 0.4) is 0 Å². The highest BCUT2D eigenvalue weighted by Gasteiger charge is 1.95. The molecule has 0 unspecified atom stereocenters. The van der Waals surface area contributed by atoms with Gasteiger partial charge in [-0.15, -0.1) is 17.8 Å². The van der Waals surface area contributed by atoms with Gasteiger partial charge >= 0.3 is 0 Å². The predicted octanol–water partition coefficient (Wildman–Crippen LogP) is 1.66. The van der Waals surface area contributed by atoms with E-state index in [0.717, 1.165) is 5.01 Å². The largest absolute Gasteiger partial charge is 0.493 e. The predicted molar refractivity (Wildman–Crippen MR) is 43.0 cm³/mol. The molecule has 0 aliphatic carbocycles. The number of nitrogens with zero attached hydrogens (tertiary/aromatic N) is 1. The summed E-state index contributed by atoms with van der Waals surface area (Å²) in [6.07, 6.45) is 5.51. The molecule has 0 aromatic carbocycles. The maximum absolute atomic E-state index is 8.71. The highest BCUT2D eigenvalue weighted by molar-refractivity contribution is 7.09. The number of aromatic nitrogens is 1. The van der Waals surface area contributed by atoms with Crippen molar-refractivity contribution in [3.05, 3.63) is 10.4 Å². The summed E-state index contributed by atoms with van der Waals surface area (Å²) in [7, 11) is 0. The molecule has 0 saturated heterocycles. The van der Waals surface area contributed by atoms with Gasteiger partial charge in [-0.25, -0.2) is 4.98 Å². The number of rotatable bonds is 1. The molecule has 3 heteroatoms. The van der Waals surface area contributed by atoms with E-state index in [1.807, 2.05) is 0 Å². The van der Waals surface area contributed by atoms with Crippen molar-refractivity contribution in [1.82, 2.24) is 4.98 Å². The van der Waals surface area contributed by atoms with Gasteiger partial charge in [-0.1, -0.05) is 13.3 Å². The molecule has 1 heterocycles. The molecule has 1 N–H and O–H groups in total. The summed E-state index contributed by atoms with van der Waals surface area (Å²) in [5.41, 5.74) is 0. The van der Waals surface area contributed by atoms with Crippen LogP contribution in [0.1, 0.15) is 12.4 Å². The Morgan fingerprint density at radius 1 is 1.80 bits per heavy atom. The van der Waals surface area contributed by atoms with Crippen LogP contribution in [0.15, 0.2) is 5.38 Å². The molecule has 1 rings (SSSR count). The van der Waals surface area contributed by atoms with Gasteiger partial charge in [0.2, 0.25) is 5.88 Å². The van der Waals surface area contributed by atoms with Crippen LogP contribution in [-0.4, -0.2) is 10.1 Å². The van der Waals surface area contributed by atoms with Crippen LogP contribution in [0.25, 0.3) is 0 Å². The first-order chi connectivity index (χ1) is 4.33. The zero-order valence-corrected chi connectivity index (χ0v) is 5.48. The Morgan fingerprint density at radius 3 is 2.90 bits per heavy atom. The average molecular weight is 155 g/mol. The third-order valence-electron chi connectivity index (χ3n) is 0.793. The van der Waals surface area contributed by atoms with E-state index in [1.165, 1.54) is 11.3 Å². The summed E-state index contributed by atoms with van der Waals surface area (Å²) < 4.78 is 0. The van der Waals surface area contributed by atoms with Gasteiger partial charge in [0.1, 0.15) is 5.01 Å². The Hall–Kier alpha value is -1.01. The highest BCUT2D eigenvalue weighted by Crippen LogP contribution is 2.13. The molecule has 0 fully saturated rings. The molecule has 0 radical (unpaired) electrons. The van der Waals surface area contributed by atoms with E-state index < -0.39 is 0 Å². The quantitative estimate of drug-likeness (QED) is 0.626. The van der Waals surface area contributed by atoms with Gasteiger partial charge in [-0.3, -0.25) is 0 Å². The lowest BCUT2D eigenvalue weighted by molar-refractivity contribution is 0.456. The molecule has 0 atom stereocenters. The van der Waals surface area contributed by atoms with E-state index in [-0.39, 0.29) is 13.3 Å². The molecule has 1 aromatic heterocycles. The number of thiazole rings is 1. The SMILES string of the molecule is C.C#CCc1nc(O)cs1. The van der Waals surface area contributed by atoms with Crippen molar-refractivity contribution in [3.8, 4) is 18.2 Å². The molecule has 54 valence electrons. The molecule has 0 amide bonds. The van der Waals surface area contributed by atoms with Crippen LogP contribution in [0.5, 0.6) is 5.88 Å². The normalized spacial score (nSPS) is 7.90. The molecular formula is C7H9NOS. The topological polar surface area (TPSA) is 33.1 Å². The molecule has 1 aromatic rings. The van der Waals surface area contributed by atoms with Gasteiger partial charge in [0.25, 0.3) is 0 Å². The lowest BCUT2D eigenvalue weighted by atomic mass is 10.5. The second-order valence-corrected chi connectivity index (χ2v) is 2.42. The fourth-order valence-electron chi connectivity index (χ4n) is 0.470. The first-order valence-electron chi connectivity index (χ1n) is 2.40. The van der Waals surface area contributed by atoms with Gasteiger partial charge < -0.3 is 5.11 Å². The average Bonchev–Trinajstić information content (AvgIpc) is 2.17. The molecule has 10 heavy (non-hydrogen) atoms. The Kier molecular flexibility index (Phi) is 3.52. The number of hydrogen-bond donors (Lipinski definition) is 1. The Morgan fingerprint density at radius 2 is 2.50 bits per heavy atom. The van der Waals surface area contributed by atoms with Crippen molar-refractivity contribution in [2.45, 2.75) is 13.8 Å². The van der Waals surface area contributed by atoms with Gasteiger partial charge in [0.15, 0.2) is 0 Å². The minimum Gasteiger partial charge on any atom is -0.493 e. The highest BCUT2D eigenvalue weighted by atomic mass is 32.1. The number of aromatic hydroxyl groups is 1. The fourth-order valence-corrected chi connectivity index (χ4v) is 1.08. The monoisotopic (exact) mass is 155 g/mol. The molecule has 0 aliphatic heterocycles. The lowest BCUT2D eigenvalue weighted by Gasteiger charge is -1.78. The molecule has 0 saturated carbocycles. The maximum atomic E-state index is 8.71. The summed E-state index contributed by atoms with van der Waals surface area (Å²) in [6, 6.07) is 0. The van der Waals surface area contributed by atoms with E-state index in [9.17, 15) is 0 Å². The van der Waals surface area contributed by atoms with E-state index in [2.05, 4.69) is 10.9 Å². The van der Waals surface area contributed by atoms with Crippen molar-refractivity contribution >= 4 is 11.3 Å². The molecule has 0 spiro atoms. The van der Waals surface area contributed by atoms with Crippen molar-refractivity contribution < 1.29 is 5.11 Å². The summed E-state index contributed by atoms with van der Waals surface area (Å²) in [6.45, 7) is 0. The second-order valence-electron chi connectivity index (χ2n) is 1.48. The minimum absolute atomic E-state index is 0. The van der Waals surface area contributed by atoms with Gasteiger partial charge in [-0.05, 0) is 0 Å². The lowest BCUT2D eigenvalue weighted by Crippen LogP contribution is -1.75. The van der Waals surface area contributed by atoms with Crippen molar-refractivity contribution in [3.63, 3.8) is 0 Å². The molecule has 2 nitrogen and oxygen atoms in total. The smallest absolute Gasteiger partial charge is 0.222 e. The fraction of sp³-hybridized carbons (Fsp3) is 0.286. The van der Waals surface area contributed by atoms with Crippen LogP contribution < -0.4 is 0 Å². The van der Waals surface area contributed by atoms with E-state index in [0.29, 0.717) is 6.42 Å². The zero-order valence-electron chi connectivity index (χ0n) is 4.66. The number of hydrogen-bond acceptors (Lipinski definition) is 3. The summed E-state index contributed by atoms with van der Waals surface area (Å²) >= 11 is 1.37. The minimum atomic E-state index is 0. The third kappa shape index (κ3) is 2.08. The van der Waals surface area contributed by atoms with Crippen LogP contribution in [0, 0.1) is 12.3 Å². The van der Waals surface area contributed by atoms with Crippen molar-refractivity contribution in [2.75, 3.05) is 0 Å². The second kappa shape index (κ2) is 3.91. The van der Waals surface area contributed by atoms with E-state index in [1.54, 1.807) is 5.38 Å². The van der Waals surface area contributed by atoms with E-state index in [4.69, 9.17) is 11.5 Å². The number of terminal acetylenes is 1. The zero-order chi connectivity index (χ0) is 6.69. The Balaban J connectivity index is 0.000000810. The summed E-state index contributed by atoms with van der Waals surface area (Å²) in [5.74, 6) is 2.49. The van der Waals surface area contributed by atoms with Crippen LogP contribution >= 0.6 is 11.3 Å². The first kappa shape index (κ1) is 8.99. The maximum Gasteiger partial charge on any atom is 0.222 e. The molecular weight excluding hydrogens is 146 g/mol. The molecule has 0 aliphatic rings. The Labute approximate surface area is 64.6 Å². The van der Waals surface area contributed by atoms with Gasteiger partial charge in [0, 0.05) is 0 Å². The third-order valence-corrected chi connectivity index (χ3v) is 1.63. The molecule has 0 bridgehead atoms. The Bertz CT molecular complexity index is 236. The van der Waals surface area contributed by atoms with E-state index >= 15 is 0 Å². The van der Waals surface area contributed by atoms with Gasteiger partial charge in [-0.2, -0.15) is 0 Å². The van der Waals surface area contributed by atoms with Crippen LogP contribution in [-0.2, 0) is 6.42 Å². The van der Waals surface area contributed by atoms with Gasteiger partial charge in [0.05, 0.1) is 11.8 Å². The standard InChI is InChI=1S/C6H5NOS.CH4/c1-2-3-6-7-5(8)4-9-6;/h1,4,8H,3H2;1H4. The van der Waals surface area contributed by atoms with Crippen LogP contribution in [0.2, 0.25) is 0 Å². The first-order valence-corrected chi connectivity index (χ1v) is 3.27. The van der Waals surface area contributed by atoms with Crippen molar-refractivity contribution in [2.24, 2.45) is 0 Å². The summed E-state index contributed by atoms with van der Waals surface area (Å²) in [4.78, 5) is 3.73. The summed E-state index contributed by atoms with van der Waals surface area (Å²) in [5, 5.41) is 11.1. The van der Waals surface area contributed by atoms with Crippen molar-refractivity contribution in [1.29, 1.82) is 0 Å².